The molecule has 2 aromatic carbocycles. The molecule has 5 nitrogen and oxygen atoms in total. The van der Waals surface area contributed by atoms with E-state index < -0.39 is 6.10 Å². The monoisotopic (exact) mass is 366 g/mol. The molecule has 1 unspecified atom stereocenters. The van der Waals surface area contributed by atoms with Crippen LogP contribution in [0.15, 0.2) is 48.5 Å². The summed E-state index contributed by atoms with van der Waals surface area (Å²) in [4.78, 5) is 12.2. The highest BCUT2D eigenvalue weighted by Gasteiger charge is 2.14. The largest absolute Gasteiger partial charge is 0.489 e. The highest BCUT2D eigenvalue weighted by Crippen LogP contribution is 2.19. The van der Waals surface area contributed by atoms with E-state index in [1.54, 1.807) is 25.1 Å². The number of hydrogen-bond acceptors (Lipinski definition) is 4. The molecular weight excluding hydrogens is 340 g/mol. The van der Waals surface area contributed by atoms with Crippen molar-refractivity contribution in [3.05, 3.63) is 59.7 Å². The minimum absolute atomic E-state index is 0.183. The molecule has 5 heteroatoms. The van der Waals surface area contributed by atoms with Crippen LogP contribution in [0.2, 0.25) is 0 Å². The van der Waals surface area contributed by atoms with Gasteiger partial charge in [-0.25, -0.2) is 0 Å². The van der Waals surface area contributed by atoms with E-state index in [-0.39, 0.29) is 5.91 Å². The van der Waals surface area contributed by atoms with Gasteiger partial charge < -0.3 is 14.8 Å². The zero-order valence-electron chi connectivity index (χ0n) is 16.1. The van der Waals surface area contributed by atoms with Gasteiger partial charge in [0, 0.05) is 18.4 Å². The number of nitrogens with zero attached hydrogens (tertiary/aromatic N) is 1. The molecule has 1 amide bonds. The fourth-order valence-corrected chi connectivity index (χ4v) is 2.36. The number of rotatable bonds is 9. The second kappa shape index (κ2) is 10.3. The van der Waals surface area contributed by atoms with E-state index in [2.05, 4.69) is 25.2 Å². The quantitative estimate of drug-likeness (QED) is 0.708. The van der Waals surface area contributed by atoms with Gasteiger partial charge in [-0.3, -0.25) is 4.79 Å². The van der Waals surface area contributed by atoms with Gasteiger partial charge in [-0.05, 0) is 49.1 Å². The summed E-state index contributed by atoms with van der Waals surface area (Å²) < 4.78 is 11.3. The molecule has 0 fully saturated rings. The normalized spacial score (nSPS) is 11.7. The van der Waals surface area contributed by atoms with Gasteiger partial charge in [0.15, 0.2) is 0 Å². The number of nitrogens with one attached hydrogen (secondary N) is 1. The summed E-state index contributed by atoms with van der Waals surface area (Å²) in [6, 6.07) is 16.6. The Morgan fingerprint density at radius 1 is 1.15 bits per heavy atom. The highest BCUT2D eigenvalue weighted by atomic mass is 16.5. The Kier molecular flexibility index (Phi) is 7.84. The lowest BCUT2D eigenvalue weighted by Gasteiger charge is -2.15. The minimum atomic E-state index is -0.512. The molecule has 1 N–H and O–H groups in total. The van der Waals surface area contributed by atoms with E-state index in [0.29, 0.717) is 36.1 Å². The Labute approximate surface area is 160 Å². The Bertz CT molecular complexity index is 796. The van der Waals surface area contributed by atoms with E-state index in [1.165, 1.54) is 0 Å². The molecule has 0 aliphatic heterocycles. The summed E-state index contributed by atoms with van der Waals surface area (Å²) in [5.74, 6) is 1.00. The minimum Gasteiger partial charge on any atom is -0.489 e. The van der Waals surface area contributed by atoms with Crippen molar-refractivity contribution in [1.82, 2.24) is 0 Å². The number of hydrogen-bond donors (Lipinski definition) is 1. The third-order valence-electron chi connectivity index (χ3n) is 4.00. The van der Waals surface area contributed by atoms with Crippen LogP contribution in [-0.4, -0.2) is 18.6 Å². The molecule has 0 saturated heterocycles. The van der Waals surface area contributed by atoms with Crippen molar-refractivity contribution in [3.8, 4) is 11.8 Å². The van der Waals surface area contributed by atoms with Gasteiger partial charge in [-0.2, -0.15) is 5.26 Å². The van der Waals surface area contributed by atoms with E-state index in [0.717, 1.165) is 12.0 Å². The first kappa shape index (κ1) is 20.5. The van der Waals surface area contributed by atoms with E-state index in [4.69, 9.17) is 14.7 Å². The fraction of sp³-hybridized carbons (Fsp3) is 0.364. The number of carbonyl (C=O) groups is 1. The summed E-state index contributed by atoms with van der Waals surface area (Å²) in [6.07, 6.45) is 0.413. The average molecular weight is 366 g/mol. The number of benzene rings is 2. The molecule has 0 aliphatic carbocycles. The predicted octanol–water partition coefficient (Wildman–Crippen LogP) is 4.53. The molecule has 0 bridgehead atoms. The molecule has 0 aliphatic rings. The Hall–Kier alpha value is -2.84. The molecule has 0 aromatic heterocycles. The van der Waals surface area contributed by atoms with Crippen LogP contribution in [0.5, 0.6) is 5.75 Å². The first-order valence-corrected chi connectivity index (χ1v) is 9.12. The maximum absolute atomic E-state index is 12.2. The summed E-state index contributed by atoms with van der Waals surface area (Å²) in [5.41, 5.74) is 2.17. The summed E-state index contributed by atoms with van der Waals surface area (Å²) in [5, 5.41) is 11.8. The molecular formula is C22H26N2O3. The Balaban J connectivity index is 1.88. The standard InChI is InChI=1S/C22H26N2O3/c1-16(2)10-11-26-17(3)22(25)24-20-8-5-9-21(13-20)27-15-19-7-4-6-18(12-19)14-23/h4-9,12-13,16-17H,10-11,15H2,1-3H3,(H,24,25). The second-order valence-electron chi connectivity index (χ2n) is 6.81. The third-order valence-corrected chi connectivity index (χ3v) is 4.00. The van der Waals surface area contributed by atoms with Crippen LogP contribution in [0.1, 0.15) is 38.3 Å². The maximum atomic E-state index is 12.2. The lowest BCUT2D eigenvalue weighted by molar-refractivity contribution is -0.126. The van der Waals surface area contributed by atoms with Gasteiger partial charge in [0.25, 0.3) is 5.91 Å². The average Bonchev–Trinajstić information content (AvgIpc) is 2.66. The van der Waals surface area contributed by atoms with Crippen molar-refractivity contribution >= 4 is 11.6 Å². The first-order valence-electron chi connectivity index (χ1n) is 9.12. The van der Waals surface area contributed by atoms with Crippen LogP contribution in [0.25, 0.3) is 0 Å². The van der Waals surface area contributed by atoms with Crippen molar-refractivity contribution in [3.63, 3.8) is 0 Å². The maximum Gasteiger partial charge on any atom is 0.253 e. The van der Waals surface area contributed by atoms with Crippen LogP contribution in [0.4, 0.5) is 5.69 Å². The summed E-state index contributed by atoms with van der Waals surface area (Å²) >= 11 is 0. The zero-order chi connectivity index (χ0) is 19.6. The van der Waals surface area contributed by atoms with Crippen LogP contribution in [0, 0.1) is 17.2 Å². The lowest BCUT2D eigenvalue weighted by atomic mass is 10.1. The van der Waals surface area contributed by atoms with Crippen molar-refractivity contribution < 1.29 is 14.3 Å². The Morgan fingerprint density at radius 2 is 1.93 bits per heavy atom. The number of carbonyl (C=O) groups excluding carboxylic acids is 1. The number of amides is 1. The molecule has 2 aromatic rings. The molecule has 0 spiro atoms. The van der Waals surface area contributed by atoms with Crippen LogP contribution in [0.3, 0.4) is 0 Å². The summed E-state index contributed by atoms with van der Waals surface area (Å²) in [6.45, 7) is 6.91. The molecule has 1 atom stereocenters. The Morgan fingerprint density at radius 3 is 2.67 bits per heavy atom. The lowest BCUT2D eigenvalue weighted by Crippen LogP contribution is -2.28. The van der Waals surface area contributed by atoms with Crippen LogP contribution >= 0.6 is 0 Å². The smallest absolute Gasteiger partial charge is 0.253 e. The van der Waals surface area contributed by atoms with Crippen LogP contribution in [-0.2, 0) is 16.1 Å². The van der Waals surface area contributed by atoms with Gasteiger partial charge in [0.05, 0.1) is 11.6 Å². The number of anilines is 1. The molecule has 0 saturated carbocycles. The highest BCUT2D eigenvalue weighted by molar-refractivity contribution is 5.94. The van der Waals surface area contributed by atoms with Gasteiger partial charge in [0.1, 0.15) is 18.5 Å². The topological polar surface area (TPSA) is 71.3 Å². The fourth-order valence-electron chi connectivity index (χ4n) is 2.36. The first-order chi connectivity index (χ1) is 13.0. The van der Waals surface area contributed by atoms with Gasteiger partial charge in [-0.15, -0.1) is 0 Å². The van der Waals surface area contributed by atoms with Crippen LogP contribution < -0.4 is 10.1 Å². The third kappa shape index (κ3) is 7.12. The van der Waals surface area contributed by atoms with Crippen molar-refractivity contribution in [2.75, 3.05) is 11.9 Å². The van der Waals surface area contributed by atoms with Crippen molar-refractivity contribution in [1.29, 1.82) is 5.26 Å². The number of nitriles is 1. The molecule has 27 heavy (non-hydrogen) atoms. The molecule has 142 valence electrons. The van der Waals surface area contributed by atoms with Gasteiger partial charge in [0.2, 0.25) is 0 Å². The predicted molar refractivity (Wildman–Crippen MR) is 105 cm³/mol. The molecule has 2 rings (SSSR count). The zero-order valence-corrected chi connectivity index (χ0v) is 16.1. The van der Waals surface area contributed by atoms with E-state index in [1.807, 2.05) is 30.3 Å². The number of ether oxygens (including phenoxy) is 2. The van der Waals surface area contributed by atoms with E-state index >= 15 is 0 Å². The molecule has 0 heterocycles. The van der Waals surface area contributed by atoms with Crippen molar-refractivity contribution in [2.24, 2.45) is 5.92 Å². The van der Waals surface area contributed by atoms with E-state index in [9.17, 15) is 4.79 Å². The van der Waals surface area contributed by atoms with Gasteiger partial charge in [-0.1, -0.05) is 32.0 Å². The molecule has 0 radical (unpaired) electrons. The summed E-state index contributed by atoms with van der Waals surface area (Å²) in [7, 11) is 0. The van der Waals surface area contributed by atoms with Crippen molar-refractivity contribution in [2.45, 2.75) is 39.9 Å². The SMILES string of the molecule is CC(C)CCOC(C)C(=O)Nc1cccc(OCc2cccc(C#N)c2)c1. The van der Waals surface area contributed by atoms with Gasteiger partial charge >= 0.3 is 0 Å². The second-order valence-corrected chi connectivity index (χ2v) is 6.81.